The standard InChI is InChI=1S/C17H29N5O/c1-5-18-16(19-11-12-8-9-20-22(12)4)21-14-13-7-6-10-23-15(13)17(14,2)3/h8-9,13-15H,5-7,10-11H2,1-4H3,(H2,18,19,21). The number of ether oxygens (including phenoxy) is 1. The third kappa shape index (κ3) is 3.09. The van der Waals surface area contributed by atoms with E-state index in [1.807, 2.05) is 24.0 Å². The van der Waals surface area contributed by atoms with Gasteiger partial charge in [0.2, 0.25) is 0 Å². The molecule has 0 bridgehead atoms. The minimum absolute atomic E-state index is 0.147. The predicted octanol–water partition coefficient (Wildman–Crippen LogP) is 1.68. The van der Waals surface area contributed by atoms with Gasteiger partial charge in [-0.1, -0.05) is 13.8 Å². The molecular formula is C17H29N5O. The molecule has 0 spiro atoms. The zero-order valence-electron chi connectivity index (χ0n) is 14.7. The van der Waals surface area contributed by atoms with Gasteiger partial charge >= 0.3 is 0 Å². The van der Waals surface area contributed by atoms with Gasteiger partial charge in [0.15, 0.2) is 5.96 Å². The molecule has 3 rings (SSSR count). The zero-order valence-corrected chi connectivity index (χ0v) is 14.7. The molecule has 2 aliphatic rings. The van der Waals surface area contributed by atoms with E-state index in [9.17, 15) is 0 Å². The Morgan fingerprint density at radius 3 is 3.04 bits per heavy atom. The quantitative estimate of drug-likeness (QED) is 0.655. The second-order valence-electron chi connectivity index (χ2n) is 7.18. The van der Waals surface area contributed by atoms with E-state index in [1.54, 1.807) is 0 Å². The molecule has 6 nitrogen and oxygen atoms in total. The van der Waals surface area contributed by atoms with Crippen LogP contribution in [-0.2, 0) is 18.3 Å². The summed E-state index contributed by atoms with van der Waals surface area (Å²) in [5.41, 5.74) is 1.25. The van der Waals surface area contributed by atoms with Crippen molar-refractivity contribution in [2.75, 3.05) is 13.2 Å². The van der Waals surface area contributed by atoms with Crippen LogP contribution in [0.15, 0.2) is 17.3 Å². The van der Waals surface area contributed by atoms with Crippen molar-refractivity contribution in [3.8, 4) is 0 Å². The van der Waals surface area contributed by atoms with Crippen molar-refractivity contribution in [3.05, 3.63) is 18.0 Å². The third-order valence-corrected chi connectivity index (χ3v) is 5.29. The number of hydrogen-bond donors (Lipinski definition) is 2. The Kier molecular flexibility index (Phi) is 4.62. The summed E-state index contributed by atoms with van der Waals surface area (Å²) in [4.78, 5) is 4.73. The highest BCUT2D eigenvalue weighted by molar-refractivity contribution is 5.80. The Morgan fingerprint density at radius 1 is 1.52 bits per heavy atom. The van der Waals surface area contributed by atoms with E-state index in [0.717, 1.165) is 31.2 Å². The minimum Gasteiger partial charge on any atom is -0.377 e. The maximum atomic E-state index is 5.99. The van der Waals surface area contributed by atoms with Crippen molar-refractivity contribution >= 4 is 5.96 Å². The minimum atomic E-state index is 0.147. The van der Waals surface area contributed by atoms with E-state index >= 15 is 0 Å². The molecule has 6 heteroatoms. The summed E-state index contributed by atoms with van der Waals surface area (Å²) in [5.74, 6) is 1.48. The summed E-state index contributed by atoms with van der Waals surface area (Å²) in [7, 11) is 1.95. The first kappa shape index (κ1) is 16.3. The van der Waals surface area contributed by atoms with E-state index in [0.29, 0.717) is 24.6 Å². The number of guanidine groups is 1. The Bertz CT molecular complexity index is 565. The smallest absolute Gasteiger partial charge is 0.191 e. The number of nitrogens with one attached hydrogen (secondary N) is 2. The van der Waals surface area contributed by atoms with Crippen LogP contribution in [0.2, 0.25) is 0 Å². The average Bonchev–Trinajstić information content (AvgIpc) is 2.95. The van der Waals surface area contributed by atoms with Crippen LogP contribution >= 0.6 is 0 Å². The van der Waals surface area contributed by atoms with Crippen LogP contribution in [0.3, 0.4) is 0 Å². The predicted molar refractivity (Wildman–Crippen MR) is 91.2 cm³/mol. The molecule has 2 heterocycles. The first-order valence-electron chi connectivity index (χ1n) is 8.67. The van der Waals surface area contributed by atoms with Crippen LogP contribution in [0.1, 0.15) is 39.3 Å². The highest BCUT2D eigenvalue weighted by atomic mass is 16.5. The highest BCUT2D eigenvalue weighted by Crippen LogP contribution is 2.51. The lowest BCUT2D eigenvalue weighted by Gasteiger charge is -2.60. The molecule has 128 valence electrons. The molecule has 3 atom stereocenters. The second-order valence-corrected chi connectivity index (χ2v) is 7.18. The Morgan fingerprint density at radius 2 is 2.35 bits per heavy atom. The highest BCUT2D eigenvalue weighted by Gasteiger charge is 2.58. The average molecular weight is 319 g/mol. The van der Waals surface area contributed by atoms with Gasteiger partial charge in [-0.2, -0.15) is 5.10 Å². The molecule has 0 amide bonds. The summed E-state index contributed by atoms with van der Waals surface area (Å²) >= 11 is 0. The number of hydrogen-bond acceptors (Lipinski definition) is 3. The van der Waals surface area contributed by atoms with Gasteiger partial charge in [-0.25, -0.2) is 4.99 Å². The normalized spacial score (nSPS) is 29.6. The van der Waals surface area contributed by atoms with Crippen molar-refractivity contribution in [2.24, 2.45) is 23.4 Å². The SMILES string of the molecule is CCNC(=NCc1ccnn1C)NC1C2CCCOC2C1(C)C. The van der Waals surface area contributed by atoms with E-state index in [1.165, 1.54) is 6.42 Å². The van der Waals surface area contributed by atoms with Gasteiger partial charge in [0.25, 0.3) is 0 Å². The van der Waals surface area contributed by atoms with Gasteiger partial charge in [-0.15, -0.1) is 0 Å². The van der Waals surface area contributed by atoms with E-state index < -0.39 is 0 Å². The van der Waals surface area contributed by atoms with E-state index in [4.69, 9.17) is 9.73 Å². The number of aromatic nitrogens is 2. The molecule has 1 aliphatic heterocycles. The number of aliphatic imine (C=N–C) groups is 1. The lowest BCUT2D eigenvalue weighted by atomic mass is 9.55. The maximum Gasteiger partial charge on any atom is 0.191 e. The van der Waals surface area contributed by atoms with Gasteiger partial charge in [0.05, 0.1) is 18.3 Å². The molecular weight excluding hydrogens is 290 g/mol. The van der Waals surface area contributed by atoms with Crippen LogP contribution in [0.25, 0.3) is 0 Å². The topological polar surface area (TPSA) is 63.5 Å². The number of fused-ring (bicyclic) bond motifs is 1. The molecule has 23 heavy (non-hydrogen) atoms. The third-order valence-electron chi connectivity index (χ3n) is 5.29. The van der Waals surface area contributed by atoms with Crippen LogP contribution in [-0.4, -0.2) is 41.0 Å². The first-order valence-corrected chi connectivity index (χ1v) is 8.67. The molecule has 0 aromatic carbocycles. The molecule has 2 N–H and O–H groups in total. The monoisotopic (exact) mass is 319 g/mol. The Labute approximate surface area is 138 Å². The van der Waals surface area contributed by atoms with Gasteiger partial charge in [0.1, 0.15) is 0 Å². The molecule has 1 aliphatic carbocycles. The van der Waals surface area contributed by atoms with Gasteiger partial charge < -0.3 is 15.4 Å². The molecule has 0 radical (unpaired) electrons. The van der Waals surface area contributed by atoms with Crippen LogP contribution in [0.4, 0.5) is 0 Å². The summed E-state index contributed by atoms with van der Waals surface area (Å²) < 4.78 is 7.85. The Balaban J connectivity index is 1.68. The molecule has 1 saturated carbocycles. The van der Waals surface area contributed by atoms with Crippen molar-refractivity contribution in [2.45, 2.75) is 52.3 Å². The van der Waals surface area contributed by atoms with Crippen LogP contribution < -0.4 is 10.6 Å². The van der Waals surface area contributed by atoms with Crippen molar-refractivity contribution in [1.29, 1.82) is 0 Å². The fourth-order valence-electron chi connectivity index (χ4n) is 4.00. The van der Waals surface area contributed by atoms with Crippen LogP contribution in [0.5, 0.6) is 0 Å². The Hall–Kier alpha value is -1.56. The molecule has 1 aromatic rings. The van der Waals surface area contributed by atoms with Crippen LogP contribution in [0, 0.1) is 11.3 Å². The lowest BCUT2D eigenvalue weighted by molar-refractivity contribution is -0.188. The fourth-order valence-corrected chi connectivity index (χ4v) is 4.00. The zero-order chi connectivity index (χ0) is 16.4. The number of aryl methyl sites for hydroxylation is 1. The number of nitrogens with zero attached hydrogens (tertiary/aromatic N) is 3. The molecule has 3 unspecified atom stereocenters. The summed E-state index contributed by atoms with van der Waals surface area (Å²) in [6.45, 7) is 9.08. The fraction of sp³-hybridized carbons (Fsp3) is 0.765. The van der Waals surface area contributed by atoms with Gasteiger partial charge in [-0.3, -0.25) is 4.68 Å². The summed E-state index contributed by atoms with van der Waals surface area (Å²) in [6, 6.07) is 2.42. The summed E-state index contributed by atoms with van der Waals surface area (Å²) in [5, 5.41) is 11.2. The van der Waals surface area contributed by atoms with Crippen molar-refractivity contribution in [1.82, 2.24) is 20.4 Å². The van der Waals surface area contributed by atoms with Gasteiger partial charge in [0, 0.05) is 43.8 Å². The summed E-state index contributed by atoms with van der Waals surface area (Å²) in [6.07, 6.45) is 4.60. The molecule has 2 fully saturated rings. The number of rotatable bonds is 4. The largest absolute Gasteiger partial charge is 0.377 e. The molecule has 1 aromatic heterocycles. The van der Waals surface area contributed by atoms with E-state index in [-0.39, 0.29) is 5.41 Å². The second kappa shape index (κ2) is 6.51. The van der Waals surface area contributed by atoms with Gasteiger partial charge in [-0.05, 0) is 25.8 Å². The maximum absolute atomic E-state index is 5.99. The van der Waals surface area contributed by atoms with Crippen molar-refractivity contribution in [3.63, 3.8) is 0 Å². The molecule has 1 saturated heterocycles. The van der Waals surface area contributed by atoms with E-state index in [2.05, 4.69) is 36.5 Å². The lowest BCUT2D eigenvalue weighted by Crippen LogP contribution is -2.71. The first-order chi connectivity index (χ1) is 11.0. The van der Waals surface area contributed by atoms with Crippen molar-refractivity contribution < 1.29 is 4.74 Å².